The van der Waals surface area contributed by atoms with E-state index in [1.54, 1.807) is 12.1 Å². The lowest BCUT2D eigenvalue weighted by molar-refractivity contribution is 0.0697. The van der Waals surface area contributed by atoms with Gasteiger partial charge in [0, 0.05) is 11.7 Å². The van der Waals surface area contributed by atoms with E-state index in [9.17, 15) is 4.79 Å². The molecule has 2 fully saturated rings. The Bertz CT molecular complexity index is 483. The first-order chi connectivity index (χ1) is 8.63. The maximum atomic E-state index is 10.9. The highest BCUT2D eigenvalue weighted by Crippen LogP contribution is 2.45. The Morgan fingerprint density at radius 2 is 2.17 bits per heavy atom. The molecule has 18 heavy (non-hydrogen) atoms. The molecule has 3 rings (SSSR count). The van der Waals surface area contributed by atoms with Crippen LogP contribution < -0.4 is 5.32 Å². The first-order valence-corrected chi connectivity index (χ1v) is 6.74. The Morgan fingerprint density at radius 3 is 2.72 bits per heavy atom. The van der Waals surface area contributed by atoms with Gasteiger partial charge in [-0.05, 0) is 61.8 Å². The van der Waals surface area contributed by atoms with Gasteiger partial charge in [-0.3, -0.25) is 0 Å². The van der Waals surface area contributed by atoms with Crippen LogP contribution >= 0.6 is 0 Å². The van der Waals surface area contributed by atoms with Crippen molar-refractivity contribution in [1.82, 2.24) is 0 Å². The summed E-state index contributed by atoms with van der Waals surface area (Å²) >= 11 is 0. The molecule has 96 valence electrons. The minimum absolute atomic E-state index is 0.367. The monoisotopic (exact) mass is 245 g/mol. The molecule has 0 radical (unpaired) electrons. The van der Waals surface area contributed by atoms with E-state index in [4.69, 9.17) is 5.11 Å². The van der Waals surface area contributed by atoms with E-state index in [1.165, 1.54) is 25.7 Å². The Kier molecular flexibility index (Phi) is 2.77. The first kappa shape index (κ1) is 11.6. The minimum atomic E-state index is -0.857. The molecule has 0 saturated heterocycles. The van der Waals surface area contributed by atoms with E-state index in [-0.39, 0.29) is 0 Å². The van der Waals surface area contributed by atoms with Gasteiger partial charge in [0.05, 0.1) is 5.56 Å². The Morgan fingerprint density at radius 1 is 1.33 bits per heavy atom. The number of hydrogen-bond donors (Lipinski definition) is 2. The highest BCUT2D eigenvalue weighted by Gasteiger charge is 2.39. The molecule has 1 aromatic rings. The third-order valence-electron chi connectivity index (χ3n) is 4.55. The summed E-state index contributed by atoms with van der Waals surface area (Å²) in [6, 6.07) is 5.94. The van der Waals surface area contributed by atoms with Crippen LogP contribution in [0, 0.1) is 18.8 Å². The normalized spacial score (nSPS) is 29.5. The van der Waals surface area contributed by atoms with Crippen LogP contribution in [0.1, 0.15) is 41.6 Å². The fourth-order valence-electron chi connectivity index (χ4n) is 3.58. The number of benzene rings is 1. The topological polar surface area (TPSA) is 49.3 Å². The summed E-state index contributed by atoms with van der Waals surface area (Å²) in [6.45, 7) is 1.97. The summed E-state index contributed by atoms with van der Waals surface area (Å²) in [4.78, 5) is 10.9. The van der Waals surface area contributed by atoms with Gasteiger partial charge in [-0.15, -0.1) is 0 Å². The van der Waals surface area contributed by atoms with Crippen molar-refractivity contribution < 1.29 is 9.90 Å². The van der Waals surface area contributed by atoms with E-state index in [2.05, 4.69) is 5.32 Å². The molecule has 3 unspecified atom stereocenters. The van der Waals surface area contributed by atoms with Crippen molar-refractivity contribution in [3.63, 3.8) is 0 Å². The standard InChI is InChI=1S/C15H19NO2/c1-9-6-12(15(17)18)4-5-13(9)16-14-8-10-2-3-11(14)7-10/h4-6,10-11,14,16H,2-3,7-8H2,1H3,(H,17,18). The van der Waals surface area contributed by atoms with Gasteiger partial charge in [-0.2, -0.15) is 0 Å². The van der Waals surface area contributed by atoms with Gasteiger partial charge in [0.25, 0.3) is 0 Å². The molecule has 0 aromatic heterocycles. The van der Waals surface area contributed by atoms with Gasteiger partial charge in [0.15, 0.2) is 0 Å². The summed E-state index contributed by atoms with van der Waals surface area (Å²) in [7, 11) is 0. The lowest BCUT2D eigenvalue weighted by atomic mass is 9.95. The van der Waals surface area contributed by atoms with E-state index < -0.39 is 5.97 Å². The van der Waals surface area contributed by atoms with Crippen LogP contribution in [0.15, 0.2) is 18.2 Å². The number of anilines is 1. The van der Waals surface area contributed by atoms with Crippen molar-refractivity contribution in [2.75, 3.05) is 5.32 Å². The maximum absolute atomic E-state index is 10.9. The number of carboxylic acid groups (broad SMARTS) is 1. The second kappa shape index (κ2) is 4.30. The van der Waals surface area contributed by atoms with Crippen LogP contribution in [0.5, 0.6) is 0 Å². The lowest BCUT2D eigenvalue weighted by Gasteiger charge is -2.25. The van der Waals surface area contributed by atoms with Crippen molar-refractivity contribution in [3.8, 4) is 0 Å². The van der Waals surface area contributed by atoms with Crippen molar-refractivity contribution in [2.45, 2.75) is 38.6 Å². The molecule has 3 atom stereocenters. The van der Waals surface area contributed by atoms with Crippen molar-refractivity contribution in [3.05, 3.63) is 29.3 Å². The molecule has 0 amide bonds. The second-order valence-corrected chi connectivity index (χ2v) is 5.76. The predicted octanol–water partition coefficient (Wildman–Crippen LogP) is 3.29. The fourth-order valence-corrected chi connectivity index (χ4v) is 3.58. The predicted molar refractivity (Wildman–Crippen MR) is 71.0 cm³/mol. The summed E-state index contributed by atoms with van der Waals surface area (Å²) in [5, 5.41) is 12.6. The second-order valence-electron chi connectivity index (χ2n) is 5.76. The average Bonchev–Trinajstić information content (AvgIpc) is 2.93. The molecule has 3 nitrogen and oxygen atoms in total. The van der Waals surface area contributed by atoms with Gasteiger partial charge in [-0.25, -0.2) is 4.79 Å². The Hall–Kier alpha value is -1.51. The summed E-state index contributed by atoms with van der Waals surface area (Å²) in [6.07, 6.45) is 5.42. The molecule has 2 bridgehead atoms. The van der Waals surface area contributed by atoms with Gasteiger partial charge >= 0.3 is 5.97 Å². The number of carbonyl (C=O) groups is 1. The Balaban J connectivity index is 1.75. The van der Waals surface area contributed by atoms with Crippen LogP contribution in [-0.2, 0) is 0 Å². The maximum Gasteiger partial charge on any atom is 0.335 e. The Labute approximate surface area is 107 Å². The number of fused-ring (bicyclic) bond motifs is 2. The van der Waals surface area contributed by atoms with Crippen LogP contribution in [0.3, 0.4) is 0 Å². The molecule has 2 aliphatic carbocycles. The van der Waals surface area contributed by atoms with E-state index in [1.807, 2.05) is 13.0 Å². The zero-order valence-electron chi connectivity index (χ0n) is 10.6. The number of rotatable bonds is 3. The molecule has 0 spiro atoms. The molecular weight excluding hydrogens is 226 g/mol. The van der Waals surface area contributed by atoms with Crippen LogP contribution in [0.25, 0.3) is 0 Å². The van der Waals surface area contributed by atoms with E-state index in [0.717, 1.165) is 23.1 Å². The van der Waals surface area contributed by atoms with Crippen molar-refractivity contribution in [1.29, 1.82) is 0 Å². The number of nitrogens with one attached hydrogen (secondary N) is 1. The SMILES string of the molecule is Cc1cc(C(=O)O)ccc1NC1CC2CCC1C2. The molecular formula is C15H19NO2. The van der Waals surface area contributed by atoms with E-state index >= 15 is 0 Å². The molecule has 0 aliphatic heterocycles. The fraction of sp³-hybridized carbons (Fsp3) is 0.533. The first-order valence-electron chi connectivity index (χ1n) is 6.74. The summed E-state index contributed by atoms with van der Waals surface area (Å²) < 4.78 is 0. The van der Waals surface area contributed by atoms with Gasteiger partial charge in [0.1, 0.15) is 0 Å². The number of carboxylic acids is 1. The minimum Gasteiger partial charge on any atom is -0.478 e. The third kappa shape index (κ3) is 1.98. The van der Waals surface area contributed by atoms with Crippen LogP contribution in [0.2, 0.25) is 0 Å². The highest BCUT2D eigenvalue weighted by molar-refractivity contribution is 5.88. The number of aromatic carboxylic acids is 1. The zero-order valence-corrected chi connectivity index (χ0v) is 10.6. The average molecular weight is 245 g/mol. The van der Waals surface area contributed by atoms with Gasteiger partial charge in [-0.1, -0.05) is 6.42 Å². The third-order valence-corrected chi connectivity index (χ3v) is 4.55. The zero-order chi connectivity index (χ0) is 12.7. The molecule has 1 aromatic carbocycles. The van der Waals surface area contributed by atoms with E-state index in [0.29, 0.717) is 11.6 Å². The van der Waals surface area contributed by atoms with Gasteiger partial charge in [0.2, 0.25) is 0 Å². The molecule has 2 saturated carbocycles. The largest absolute Gasteiger partial charge is 0.478 e. The van der Waals surface area contributed by atoms with Crippen LogP contribution in [-0.4, -0.2) is 17.1 Å². The quantitative estimate of drug-likeness (QED) is 0.859. The molecule has 2 N–H and O–H groups in total. The van der Waals surface area contributed by atoms with Gasteiger partial charge < -0.3 is 10.4 Å². The van der Waals surface area contributed by atoms with Crippen molar-refractivity contribution >= 4 is 11.7 Å². The highest BCUT2D eigenvalue weighted by atomic mass is 16.4. The number of aryl methyl sites for hydroxylation is 1. The summed E-state index contributed by atoms with van der Waals surface area (Å²) in [5.74, 6) is 0.893. The van der Waals surface area contributed by atoms with Crippen LogP contribution in [0.4, 0.5) is 5.69 Å². The number of hydrogen-bond acceptors (Lipinski definition) is 2. The summed E-state index contributed by atoms with van der Waals surface area (Å²) in [5.41, 5.74) is 2.49. The lowest BCUT2D eigenvalue weighted by Crippen LogP contribution is -2.26. The molecule has 3 heteroatoms. The van der Waals surface area contributed by atoms with Crippen molar-refractivity contribution in [2.24, 2.45) is 11.8 Å². The molecule has 0 heterocycles. The smallest absolute Gasteiger partial charge is 0.335 e. The molecule has 2 aliphatic rings.